The van der Waals surface area contributed by atoms with E-state index in [1.807, 2.05) is 6.92 Å². The molecule has 132 valence electrons. The Morgan fingerprint density at radius 1 is 1.41 bits per heavy atom. The second-order valence-electron chi connectivity index (χ2n) is 6.68. The predicted molar refractivity (Wildman–Crippen MR) is 102 cm³/mol. The van der Waals surface area contributed by atoms with Crippen LogP contribution in [0, 0.1) is 0 Å². The summed E-state index contributed by atoms with van der Waals surface area (Å²) in [4.78, 5) is 6.92. The van der Waals surface area contributed by atoms with Crippen LogP contribution in [0.1, 0.15) is 34.6 Å². The van der Waals surface area contributed by atoms with Crippen molar-refractivity contribution in [3.8, 4) is 0 Å². The fourth-order valence-electron chi connectivity index (χ4n) is 2.64. The van der Waals surface area contributed by atoms with Gasteiger partial charge in [0.1, 0.15) is 0 Å². The van der Waals surface area contributed by atoms with Gasteiger partial charge in [0.2, 0.25) is 0 Å². The van der Waals surface area contributed by atoms with Crippen LogP contribution in [-0.4, -0.2) is 68.0 Å². The first-order valence-corrected chi connectivity index (χ1v) is 7.70. The van der Waals surface area contributed by atoms with Gasteiger partial charge in [-0.05, 0) is 34.6 Å². The molecule has 3 unspecified atom stereocenters. The molecule has 0 spiro atoms. The smallest absolute Gasteiger partial charge is 0.188 e. The van der Waals surface area contributed by atoms with Crippen molar-refractivity contribution in [1.82, 2.24) is 10.2 Å². The molecule has 0 bridgehead atoms. The molecule has 0 amide bonds. The molecule has 1 fully saturated rings. The van der Waals surface area contributed by atoms with Crippen LogP contribution >= 0.6 is 24.0 Å². The van der Waals surface area contributed by atoms with Crippen LogP contribution in [0.3, 0.4) is 0 Å². The van der Waals surface area contributed by atoms with E-state index in [4.69, 9.17) is 15.2 Å². The number of aliphatic imine (C=N–C) groups is 1. The first-order chi connectivity index (χ1) is 9.74. The van der Waals surface area contributed by atoms with Gasteiger partial charge in [0.25, 0.3) is 0 Å². The minimum absolute atomic E-state index is 0. The van der Waals surface area contributed by atoms with E-state index in [-0.39, 0.29) is 47.8 Å². The van der Waals surface area contributed by atoms with Gasteiger partial charge in [0.05, 0.1) is 25.4 Å². The summed E-state index contributed by atoms with van der Waals surface area (Å²) in [5, 5.41) is 3.13. The molecule has 6 nitrogen and oxygen atoms in total. The zero-order chi connectivity index (χ0) is 16.0. The minimum atomic E-state index is -0.0386. The number of nitrogens with one attached hydrogen (secondary N) is 1. The molecule has 1 heterocycles. The molecule has 7 heteroatoms. The van der Waals surface area contributed by atoms with Gasteiger partial charge < -0.3 is 20.5 Å². The van der Waals surface area contributed by atoms with Crippen LogP contribution < -0.4 is 11.1 Å². The van der Waals surface area contributed by atoms with Gasteiger partial charge in [-0.2, -0.15) is 0 Å². The number of hydrogen-bond acceptors (Lipinski definition) is 4. The maximum absolute atomic E-state index is 5.94. The van der Waals surface area contributed by atoms with Gasteiger partial charge in [0, 0.05) is 31.8 Å². The summed E-state index contributed by atoms with van der Waals surface area (Å²) in [5.74, 6) is 0.474. The lowest BCUT2D eigenvalue weighted by molar-refractivity contribution is -0.0939. The number of halogens is 1. The van der Waals surface area contributed by atoms with Crippen LogP contribution in [-0.2, 0) is 9.47 Å². The summed E-state index contributed by atoms with van der Waals surface area (Å²) in [6, 6.07) is 0.158. The molecule has 1 aliphatic rings. The molecular formula is C15H33IN4O2. The SMILES string of the molecule is COCC(C)NC(N)=NCC(C)(C)N1CC(C)OC(C)C1.I. The number of nitrogens with zero attached hydrogens (tertiary/aromatic N) is 2. The monoisotopic (exact) mass is 428 g/mol. The molecule has 22 heavy (non-hydrogen) atoms. The Hall–Kier alpha value is -0.120. The molecule has 0 saturated carbocycles. The number of morpholine rings is 1. The standard InChI is InChI=1S/C15H32N4O2.HI/c1-11(9-20-6)18-14(16)17-10-15(4,5)19-7-12(2)21-13(3)8-19;/h11-13H,7-10H2,1-6H3,(H3,16,17,18);1H. The highest BCUT2D eigenvalue weighted by Gasteiger charge is 2.33. The van der Waals surface area contributed by atoms with Crippen molar-refractivity contribution in [3.63, 3.8) is 0 Å². The van der Waals surface area contributed by atoms with E-state index in [2.05, 4.69) is 42.9 Å². The number of nitrogens with two attached hydrogens (primary N) is 1. The Morgan fingerprint density at radius 2 is 1.95 bits per heavy atom. The number of hydrogen-bond donors (Lipinski definition) is 2. The summed E-state index contributed by atoms with van der Waals surface area (Å²) in [7, 11) is 1.68. The van der Waals surface area contributed by atoms with E-state index in [1.165, 1.54) is 0 Å². The highest BCUT2D eigenvalue weighted by molar-refractivity contribution is 14.0. The first-order valence-electron chi connectivity index (χ1n) is 7.70. The molecule has 3 N–H and O–H groups in total. The van der Waals surface area contributed by atoms with Crippen molar-refractivity contribution in [2.24, 2.45) is 10.7 Å². The van der Waals surface area contributed by atoms with Gasteiger partial charge in [-0.25, -0.2) is 0 Å². The molecule has 0 aliphatic carbocycles. The maximum atomic E-state index is 5.94. The van der Waals surface area contributed by atoms with Gasteiger partial charge in [0.15, 0.2) is 5.96 Å². The Labute approximate surface area is 152 Å². The van der Waals surface area contributed by atoms with Gasteiger partial charge in [-0.1, -0.05) is 0 Å². The molecule has 0 aromatic rings. The van der Waals surface area contributed by atoms with Gasteiger partial charge >= 0.3 is 0 Å². The summed E-state index contributed by atoms with van der Waals surface area (Å²) < 4.78 is 10.9. The lowest BCUT2D eigenvalue weighted by Crippen LogP contribution is -2.56. The van der Waals surface area contributed by atoms with E-state index >= 15 is 0 Å². The Bertz CT molecular complexity index is 342. The molecule has 3 atom stereocenters. The van der Waals surface area contributed by atoms with Gasteiger partial charge in [-0.3, -0.25) is 9.89 Å². The number of methoxy groups -OCH3 is 1. The Morgan fingerprint density at radius 3 is 2.45 bits per heavy atom. The lowest BCUT2D eigenvalue weighted by atomic mass is 10.0. The normalized spacial score (nSPS) is 25.5. The molecule has 1 rings (SSSR count). The molecule has 1 saturated heterocycles. The highest BCUT2D eigenvalue weighted by Crippen LogP contribution is 2.21. The van der Waals surface area contributed by atoms with E-state index in [0.29, 0.717) is 19.1 Å². The summed E-state index contributed by atoms with van der Waals surface area (Å²) >= 11 is 0. The molecular weight excluding hydrogens is 395 g/mol. The zero-order valence-electron chi connectivity index (χ0n) is 14.8. The summed E-state index contributed by atoms with van der Waals surface area (Å²) in [6.07, 6.45) is 0.517. The fraction of sp³-hybridized carbons (Fsp3) is 0.933. The van der Waals surface area contributed by atoms with Crippen LogP contribution in [0.2, 0.25) is 0 Å². The van der Waals surface area contributed by atoms with E-state index in [0.717, 1.165) is 13.1 Å². The van der Waals surface area contributed by atoms with Crippen molar-refractivity contribution >= 4 is 29.9 Å². The molecule has 1 aliphatic heterocycles. The van der Waals surface area contributed by atoms with E-state index in [9.17, 15) is 0 Å². The quantitative estimate of drug-likeness (QED) is 0.381. The van der Waals surface area contributed by atoms with Crippen molar-refractivity contribution in [1.29, 1.82) is 0 Å². The molecule has 0 aromatic carbocycles. The van der Waals surface area contributed by atoms with Gasteiger partial charge in [-0.15, -0.1) is 24.0 Å². The average molecular weight is 428 g/mol. The second-order valence-corrected chi connectivity index (χ2v) is 6.68. The largest absolute Gasteiger partial charge is 0.383 e. The first kappa shape index (κ1) is 21.9. The third kappa shape index (κ3) is 7.43. The van der Waals surface area contributed by atoms with Crippen molar-refractivity contribution in [2.45, 2.75) is 58.4 Å². The Balaban J connectivity index is 0.00000441. The zero-order valence-corrected chi connectivity index (χ0v) is 17.1. The highest BCUT2D eigenvalue weighted by atomic mass is 127. The van der Waals surface area contributed by atoms with E-state index < -0.39 is 0 Å². The topological polar surface area (TPSA) is 72.1 Å². The minimum Gasteiger partial charge on any atom is -0.383 e. The van der Waals surface area contributed by atoms with Crippen molar-refractivity contribution in [2.75, 3.05) is 33.4 Å². The maximum Gasteiger partial charge on any atom is 0.188 e. The Kier molecular flexibility index (Phi) is 9.84. The van der Waals surface area contributed by atoms with Crippen LogP contribution in [0.4, 0.5) is 0 Å². The molecule has 0 aromatic heterocycles. The summed E-state index contributed by atoms with van der Waals surface area (Å²) in [5.41, 5.74) is 5.90. The summed E-state index contributed by atoms with van der Waals surface area (Å²) in [6.45, 7) is 13.8. The fourth-order valence-corrected chi connectivity index (χ4v) is 2.64. The second kappa shape index (κ2) is 9.89. The third-order valence-electron chi connectivity index (χ3n) is 3.72. The number of ether oxygens (including phenoxy) is 2. The van der Waals surface area contributed by atoms with Crippen molar-refractivity contribution < 1.29 is 9.47 Å². The predicted octanol–water partition coefficient (Wildman–Crippen LogP) is 1.43. The third-order valence-corrected chi connectivity index (χ3v) is 3.72. The van der Waals surface area contributed by atoms with Crippen LogP contribution in [0.25, 0.3) is 0 Å². The number of guanidine groups is 1. The lowest BCUT2D eigenvalue weighted by Gasteiger charge is -2.44. The van der Waals surface area contributed by atoms with Crippen molar-refractivity contribution in [3.05, 3.63) is 0 Å². The molecule has 0 radical (unpaired) electrons. The van der Waals surface area contributed by atoms with Crippen LogP contribution in [0.5, 0.6) is 0 Å². The van der Waals surface area contributed by atoms with E-state index in [1.54, 1.807) is 7.11 Å². The average Bonchev–Trinajstić information content (AvgIpc) is 2.35. The van der Waals surface area contributed by atoms with Crippen LogP contribution in [0.15, 0.2) is 4.99 Å². The number of rotatable bonds is 6.